The quantitative estimate of drug-likeness (QED) is 0.361. The van der Waals surface area contributed by atoms with E-state index in [1.807, 2.05) is 30.3 Å². The lowest BCUT2D eigenvalue weighted by Crippen LogP contribution is -1.89. The second-order valence-corrected chi connectivity index (χ2v) is 6.83. The number of benzene rings is 3. The van der Waals surface area contributed by atoms with Crippen LogP contribution < -0.4 is 4.74 Å². The molecule has 3 aromatic rings. The Hall–Kier alpha value is -2.92. The van der Waals surface area contributed by atoms with Crippen LogP contribution in [0.1, 0.15) is 11.1 Å². The molecule has 3 nitrogen and oxygen atoms in total. The zero-order chi connectivity index (χ0) is 18.4. The van der Waals surface area contributed by atoms with Crippen LogP contribution in [0.15, 0.2) is 71.6 Å². The SMILES string of the molecule is [C-]#[N+]c1ccc(Oc2ccc(SCc3ccccc3)cc2C#N)cc1Cl. The van der Waals surface area contributed by atoms with Crippen molar-refractivity contribution >= 4 is 29.1 Å². The van der Waals surface area contributed by atoms with Crippen LogP contribution in [0, 0.1) is 17.9 Å². The Balaban J connectivity index is 1.76. The Morgan fingerprint density at radius 2 is 1.88 bits per heavy atom. The standard InChI is InChI=1S/C21H13ClN2OS/c1-24-20-9-7-17(12-19(20)22)25-21-10-8-18(11-16(21)13-23)26-14-15-5-3-2-4-6-15/h2-12H,14H2. The molecular formula is C21H13ClN2OS. The Morgan fingerprint density at radius 1 is 1.08 bits per heavy atom. The van der Waals surface area contributed by atoms with Crippen molar-refractivity contribution < 1.29 is 4.74 Å². The third-order valence-corrected chi connectivity index (χ3v) is 4.95. The van der Waals surface area contributed by atoms with Crippen molar-refractivity contribution in [1.82, 2.24) is 0 Å². The second-order valence-electron chi connectivity index (χ2n) is 5.37. The molecule has 26 heavy (non-hydrogen) atoms. The van der Waals surface area contributed by atoms with Crippen molar-refractivity contribution in [3.05, 3.63) is 94.3 Å². The van der Waals surface area contributed by atoms with Gasteiger partial charge < -0.3 is 4.74 Å². The van der Waals surface area contributed by atoms with Crippen molar-refractivity contribution in [2.24, 2.45) is 0 Å². The fourth-order valence-corrected chi connectivity index (χ4v) is 3.39. The molecule has 5 heteroatoms. The van der Waals surface area contributed by atoms with Gasteiger partial charge >= 0.3 is 0 Å². The highest BCUT2D eigenvalue weighted by molar-refractivity contribution is 7.98. The molecule has 0 spiro atoms. The molecule has 0 aliphatic carbocycles. The molecule has 0 fully saturated rings. The molecule has 3 rings (SSSR count). The van der Waals surface area contributed by atoms with Gasteiger partial charge in [-0.2, -0.15) is 5.26 Å². The zero-order valence-electron chi connectivity index (χ0n) is 13.6. The smallest absolute Gasteiger partial charge is 0.205 e. The number of hydrogen-bond donors (Lipinski definition) is 0. The third kappa shape index (κ3) is 4.37. The normalized spacial score (nSPS) is 9.96. The minimum atomic E-state index is 0.325. The van der Waals surface area contributed by atoms with Gasteiger partial charge in [0.1, 0.15) is 17.6 Å². The molecular weight excluding hydrogens is 364 g/mol. The number of hydrogen-bond acceptors (Lipinski definition) is 3. The van der Waals surface area contributed by atoms with Crippen molar-refractivity contribution in [2.45, 2.75) is 10.6 Å². The van der Waals surface area contributed by atoms with Gasteiger partial charge in [-0.05, 0) is 35.9 Å². The first-order chi connectivity index (χ1) is 12.7. The first-order valence-electron chi connectivity index (χ1n) is 7.75. The van der Waals surface area contributed by atoms with Crippen LogP contribution in [-0.2, 0) is 5.75 Å². The van der Waals surface area contributed by atoms with E-state index < -0.39 is 0 Å². The molecule has 3 aromatic carbocycles. The molecule has 0 amide bonds. The lowest BCUT2D eigenvalue weighted by molar-refractivity contribution is 0.481. The minimum absolute atomic E-state index is 0.325. The van der Waals surface area contributed by atoms with Crippen LogP contribution in [0.5, 0.6) is 11.5 Å². The zero-order valence-corrected chi connectivity index (χ0v) is 15.2. The van der Waals surface area contributed by atoms with E-state index in [-0.39, 0.29) is 0 Å². The predicted octanol–water partition coefficient (Wildman–Crippen LogP) is 6.85. The van der Waals surface area contributed by atoms with Crippen molar-refractivity contribution in [3.63, 3.8) is 0 Å². The molecule has 0 aliphatic heterocycles. The lowest BCUT2D eigenvalue weighted by atomic mass is 10.2. The average molecular weight is 377 g/mol. The minimum Gasteiger partial charge on any atom is -0.456 e. The number of nitrogens with zero attached hydrogens (tertiary/aromatic N) is 2. The molecule has 0 saturated heterocycles. The van der Waals surface area contributed by atoms with Crippen molar-refractivity contribution in [2.75, 3.05) is 0 Å². The molecule has 0 atom stereocenters. The van der Waals surface area contributed by atoms with Crippen LogP contribution in [0.3, 0.4) is 0 Å². The monoisotopic (exact) mass is 376 g/mol. The van der Waals surface area contributed by atoms with Crippen molar-refractivity contribution in [1.29, 1.82) is 5.26 Å². The van der Waals surface area contributed by atoms with Crippen LogP contribution in [0.4, 0.5) is 5.69 Å². The summed E-state index contributed by atoms with van der Waals surface area (Å²) in [5.41, 5.74) is 2.05. The molecule has 0 aromatic heterocycles. The van der Waals surface area contributed by atoms with E-state index in [2.05, 4.69) is 23.0 Å². The molecule has 0 aliphatic rings. The van der Waals surface area contributed by atoms with Crippen LogP contribution in [-0.4, -0.2) is 0 Å². The summed E-state index contributed by atoms with van der Waals surface area (Å²) < 4.78 is 5.78. The highest BCUT2D eigenvalue weighted by Crippen LogP contribution is 2.34. The van der Waals surface area contributed by atoms with Gasteiger partial charge in [0.2, 0.25) is 5.69 Å². The highest BCUT2D eigenvalue weighted by Gasteiger charge is 2.09. The van der Waals surface area contributed by atoms with E-state index in [9.17, 15) is 5.26 Å². The van der Waals surface area contributed by atoms with Gasteiger partial charge in [0.25, 0.3) is 0 Å². The maximum Gasteiger partial charge on any atom is 0.205 e. The summed E-state index contributed by atoms with van der Waals surface area (Å²) in [4.78, 5) is 4.32. The molecule has 0 heterocycles. The summed E-state index contributed by atoms with van der Waals surface area (Å²) in [5, 5.41) is 9.76. The number of thioether (sulfide) groups is 1. The van der Waals surface area contributed by atoms with Gasteiger partial charge in [-0.15, -0.1) is 11.8 Å². The number of nitriles is 1. The van der Waals surface area contributed by atoms with Crippen LogP contribution in [0.2, 0.25) is 5.02 Å². The van der Waals surface area contributed by atoms with E-state index >= 15 is 0 Å². The topological polar surface area (TPSA) is 37.4 Å². The lowest BCUT2D eigenvalue weighted by Gasteiger charge is -2.10. The summed E-state index contributed by atoms with van der Waals surface area (Å²) in [7, 11) is 0. The summed E-state index contributed by atoms with van der Waals surface area (Å²) in [5.74, 6) is 1.78. The Kier molecular flexibility index (Phi) is 5.81. The molecule has 126 valence electrons. The first-order valence-corrected chi connectivity index (χ1v) is 9.11. The summed E-state index contributed by atoms with van der Waals surface area (Å²) in [6.07, 6.45) is 0. The maximum absolute atomic E-state index is 9.44. The number of ether oxygens (including phenoxy) is 1. The van der Waals surface area contributed by atoms with Gasteiger partial charge in [0.15, 0.2) is 0 Å². The average Bonchev–Trinajstić information content (AvgIpc) is 2.68. The maximum atomic E-state index is 9.44. The third-order valence-electron chi connectivity index (χ3n) is 3.59. The molecule has 0 N–H and O–H groups in total. The molecule has 0 bridgehead atoms. The van der Waals surface area contributed by atoms with E-state index in [1.165, 1.54) is 5.56 Å². The second kappa shape index (κ2) is 8.45. The highest BCUT2D eigenvalue weighted by atomic mass is 35.5. The fourth-order valence-electron chi connectivity index (χ4n) is 2.28. The van der Waals surface area contributed by atoms with Gasteiger partial charge in [0.05, 0.1) is 17.2 Å². The largest absolute Gasteiger partial charge is 0.456 e. The van der Waals surface area contributed by atoms with Crippen LogP contribution in [0.25, 0.3) is 4.85 Å². The van der Waals surface area contributed by atoms with Gasteiger partial charge in [0, 0.05) is 10.6 Å². The number of rotatable bonds is 5. The summed E-state index contributed by atoms with van der Waals surface area (Å²) in [6, 6.07) is 22.7. The van der Waals surface area contributed by atoms with E-state index in [1.54, 1.807) is 36.0 Å². The molecule has 0 radical (unpaired) electrons. The number of halogens is 1. The fraction of sp³-hybridized carbons (Fsp3) is 0.0476. The molecule has 0 saturated carbocycles. The first kappa shape index (κ1) is 17.9. The molecule has 0 unspecified atom stereocenters. The van der Waals surface area contributed by atoms with Crippen LogP contribution >= 0.6 is 23.4 Å². The Morgan fingerprint density at radius 3 is 2.58 bits per heavy atom. The summed E-state index contributed by atoms with van der Waals surface area (Å²) >= 11 is 7.70. The summed E-state index contributed by atoms with van der Waals surface area (Å²) in [6.45, 7) is 7.02. The van der Waals surface area contributed by atoms with Gasteiger partial charge in [-0.25, -0.2) is 4.85 Å². The van der Waals surface area contributed by atoms with E-state index in [4.69, 9.17) is 22.9 Å². The Labute approximate surface area is 161 Å². The van der Waals surface area contributed by atoms with E-state index in [0.29, 0.717) is 27.8 Å². The van der Waals surface area contributed by atoms with Crippen molar-refractivity contribution in [3.8, 4) is 17.6 Å². The van der Waals surface area contributed by atoms with E-state index in [0.717, 1.165) is 10.6 Å². The van der Waals surface area contributed by atoms with Gasteiger partial charge in [-0.3, -0.25) is 0 Å². The Bertz CT molecular complexity index is 1010. The predicted molar refractivity (Wildman–Crippen MR) is 105 cm³/mol. The van der Waals surface area contributed by atoms with Gasteiger partial charge in [-0.1, -0.05) is 48.0 Å².